The van der Waals surface area contributed by atoms with Gasteiger partial charge in [0.15, 0.2) is 5.96 Å². The summed E-state index contributed by atoms with van der Waals surface area (Å²) in [5, 5.41) is 7.01. The fourth-order valence-electron chi connectivity index (χ4n) is 3.35. The fourth-order valence-corrected chi connectivity index (χ4v) is 3.61. The van der Waals surface area contributed by atoms with Crippen LogP contribution in [0.2, 0.25) is 0 Å². The highest BCUT2D eigenvalue weighted by Gasteiger charge is 2.38. The molecule has 2 aliphatic rings. The van der Waals surface area contributed by atoms with Crippen molar-refractivity contribution in [3.8, 4) is 0 Å². The van der Waals surface area contributed by atoms with Crippen molar-refractivity contribution < 1.29 is 0 Å². The van der Waals surface area contributed by atoms with Gasteiger partial charge in [-0.2, -0.15) is 0 Å². The van der Waals surface area contributed by atoms with E-state index in [2.05, 4.69) is 69.6 Å². The zero-order valence-corrected chi connectivity index (χ0v) is 15.6. The molecule has 0 amide bonds. The Hall–Kier alpha value is -1.07. The summed E-state index contributed by atoms with van der Waals surface area (Å²) in [4.78, 5) is 7.41. The molecule has 0 spiro atoms. The maximum atomic E-state index is 4.75. The maximum Gasteiger partial charge on any atom is 0.191 e. The Balaban J connectivity index is 1.57. The van der Waals surface area contributed by atoms with Gasteiger partial charge in [-0.3, -0.25) is 4.90 Å². The Morgan fingerprint density at radius 1 is 1.30 bits per heavy atom. The molecule has 23 heavy (non-hydrogen) atoms. The summed E-state index contributed by atoms with van der Waals surface area (Å²) < 4.78 is 1.11. The Morgan fingerprint density at radius 2 is 2.04 bits per heavy atom. The molecule has 0 bridgehead atoms. The van der Waals surface area contributed by atoms with E-state index < -0.39 is 0 Å². The summed E-state index contributed by atoms with van der Waals surface area (Å²) in [6, 6.07) is 10.4. The van der Waals surface area contributed by atoms with Gasteiger partial charge in [0.05, 0.1) is 6.54 Å². The lowest BCUT2D eigenvalue weighted by atomic mass is 10.2. The summed E-state index contributed by atoms with van der Waals surface area (Å²) >= 11 is 3.47. The molecule has 1 aromatic rings. The van der Waals surface area contributed by atoms with Crippen LogP contribution in [-0.2, 0) is 6.54 Å². The van der Waals surface area contributed by atoms with Gasteiger partial charge >= 0.3 is 0 Å². The minimum absolute atomic E-state index is 0.508. The number of halogens is 1. The van der Waals surface area contributed by atoms with Crippen molar-refractivity contribution in [2.24, 2.45) is 4.99 Å². The second kappa shape index (κ2) is 7.67. The standard InChI is InChI=1S/C18H27BrN4/c1-3-20-18(21-11-14-4-6-15(19)7-5-14)22-16-10-13(2)23(12-16)17-8-9-17/h4-7,13,16-17H,3,8-12H2,1-2H3,(H2,20,21,22). The van der Waals surface area contributed by atoms with Crippen LogP contribution in [-0.4, -0.2) is 42.1 Å². The van der Waals surface area contributed by atoms with Gasteiger partial charge in [0, 0.05) is 35.7 Å². The quantitative estimate of drug-likeness (QED) is 0.610. The fraction of sp³-hybridized carbons (Fsp3) is 0.611. The molecule has 2 fully saturated rings. The van der Waals surface area contributed by atoms with Crippen molar-refractivity contribution in [3.05, 3.63) is 34.3 Å². The van der Waals surface area contributed by atoms with E-state index >= 15 is 0 Å². The van der Waals surface area contributed by atoms with E-state index in [1.54, 1.807) is 0 Å². The van der Waals surface area contributed by atoms with Crippen LogP contribution >= 0.6 is 15.9 Å². The molecule has 0 radical (unpaired) electrons. The first kappa shape index (κ1) is 16.8. The summed E-state index contributed by atoms with van der Waals surface area (Å²) in [5.41, 5.74) is 1.23. The van der Waals surface area contributed by atoms with Crippen LogP contribution in [0.3, 0.4) is 0 Å². The zero-order chi connectivity index (χ0) is 16.2. The van der Waals surface area contributed by atoms with Gasteiger partial charge in [-0.1, -0.05) is 28.1 Å². The Bertz CT molecular complexity index is 538. The first-order valence-corrected chi connectivity index (χ1v) is 9.50. The Labute approximate surface area is 147 Å². The number of likely N-dealkylation sites (tertiary alicyclic amines) is 1. The highest BCUT2D eigenvalue weighted by Crippen LogP contribution is 2.33. The zero-order valence-electron chi connectivity index (χ0n) is 14.1. The molecule has 4 nitrogen and oxygen atoms in total. The van der Waals surface area contributed by atoms with Crippen molar-refractivity contribution >= 4 is 21.9 Å². The lowest BCUT2D eigenvalue weighted by molar-refractivity contribution is 0.256. The minimum Gasteiger partial charge on any atom is -0.357 e. The second-order valence-corrected chi connectivity index (χ2v) is 7.59. The number of rotatable bonds is 5. The first-order chi connectivity index (χ1) is 11.2. The van der Waals surface area contributed by atoms with E-state index in [0.29, 0.717) is 18.6 Å². The lowest BCUT2D eigenvalue weighted by Crippen LogP contribution is -2.44. The van der Waals surface area contributed by atoms with Crippen LogP contribution in [0.15, 0.2) is 33.7 Å². The molecule has 1 saturated heterocycles. The molecular formula is C18H27BrN4. The van der Waals surface area contributed by atoms with Crippen LogP contribution in [0, 0.1) is 0 Å². The van der Waals surface area contributed by atoms with E-state index in [1.807, 2.05) is 0 Å². The SMILES string of the molecule is CCNC(=NCc1ccc(Br)cc1)NC1CC(C)N(C2CC2)C1. The van der Waals surface area contributed by atoms with E-state index in [0.717, 1.165) is 29.6 Å². The molecule has 2 unspecified atom stereocenters. The highest BCUT2D eigenvalue weighted by molar-refractivity contribution is 9.10. The minimum atomic E-state index is 0.508. The summed E-state index contributed by atoms with van der Waals surface area (Å²) in [5.74, 6) is 0.935. The maximum absolute atomic E-state index is 4.75. The number of benzene rings is 1. The molecule has 0 aromatic heterocycles. The Kier molecular flexibility index (Phi) is 5.59. The van der Waals surface area contributed by atoms with Gasteiger partial charge in [-0.05, 0) is 50.8 Å². The molecule has 1 aromatic carbocycles. The van der Waals surface area contributed by atoms with Crippen molar-refractivity contribution in [2.75, 3.05) is 13.1 Å². The summed E-state index contributed by atoms with van der Waals surface area (Å²) in [6.07, 6.45) is 3.97. The number of hydrogen-bond donors (Lipinski definition) is 2. The molecule has 1 saturated carbocycles. The second-order valence-electron chi connectivity index (χ2n) is 6.68. The number of nitrogens with one attached hydrogen (secondary N) is 2. The molecule has 126 valence electrons. The van der Waals surface area contributed by atoms with Gasteiger partial charge in [-0.25, -0.2) is 4.99 Å². The van der Waals surface area contributed by atoms with Crippen molar-refractivity contribution in [2.45, 2.75) is 57.8 Å². The van der Waals surface area contributed by atoms with Crippen molar-refractivity contribution in [1.82, 2.24) is 15.5 Å². The third-order valence-corrected chi connectivity index (χ3v) is 5.19. The molecule has 3 rings (SSSR count). The molecule has 1 aliphatic carbocycles. The van der Waals surface area contributed by atoms with Crippen LogP contribution < -0.4 is 10.6 Å². The topological polar surface area (TPSA) is 39.7 Å². The largest absolute Gasteiger partial charge is 0.357 e. The summed E-state index contributed by atoms with van der Waals surface area (Å²) in [6.45, 7) is 7.21. The Morgan fingerprint density at radius 3 is 2.70 bits per heavy atom. The molecule has 1 aliphatic heterocycles. The van der Waals surface area contributed by atoms with Gasteiger partial charge < -0.3 is 10.6 Å². The van der Waals surface area contributed by atoms with E-state index in [-0.39, 0.29) is 0 Å². The van der Waals surface area contributed by atoms with E-state index in [1.165, 1.54) is 24.8 Å². The third-order valence-electron chi connectivity index (χ3n) is 4.66. The monoisotopic (exact) mass is 378 g/mol. The number of aliphatic imine (C=N–C) groups is 1. The third kappa shape index (κ3) is 4.70. The lowest BCUT2D eigenvalue weighted by Gasteiger charge is -2.20. The van der Waals surface area contributed by atoms with Gasteiger partial charge in [0.1, 0.15) is 0 Å². The molecule has 5 heteroatoms. The van der Waals surface area contributed by atoms with Crippen molar-refractivity contribution in [1.29, 1.82) is 0 Å². The molecule has 2 atom stereocenters. The van der Waals surface area contributed by atoms with Crippen LogP contribution in [0.5, 0.6) is 0 Å². The van der Waals surface area contributed by atoms with Crippen LogP contribution in [0.4, 0.5) is 0 Å². The van der Waals surface area contributed by atoms with Crippen LogP contribution in [0.25, 0.3) is 0 Å². The predicted octanol–water partition coefficient (Wildman–Crippen LogP) is 3.13. The van der Waals surface area contributed by atoms with Crippen molar-refractivity contribution in [3.63, 3.8) is 0 Å². The summed E-state index contributed by atoms with van der Waals surface area (Å²) in [7, 11) is 0. The van der Waals surface area contributed by atoms with E-state index in [4.69, 9.17) is 4.99 Å². The van der Waals surface area contributed by atoms with Gasteiger partial charge in [0.25, 0.3) is 0 Å². The average Bonchev–Trinajstić information content (AvgIpc) is 3.31. The van der Waals surface area contributed by atoms with E-state index in [9.17, 15) is 0 Å². The molecular weight excluding hydrogens is 352 g/mol. The number of guanidine groups is 1. The van der Waals surface area contributed by atoms with Gasteiger partial charge in [-0.15, -0.1) is 0 Å². The molecule has 1 heterocycles. The van der Waals surface area contributed by atoms with Crippen LogP contribution in [0.1, 0.15) is 38.7 Å². The predicted molar refractivity (Wildman–Crippen MR) is 99.7 cm³/mol. The normalized spacial score (nSPS) is 25.6. The average molecular weight is 379 g/mol. The first-order valence-electron chi connectivity index (χ1n) is 8.70. The number of hydrogen-bond acceptors (Lipinski definition) is 2. The smallest absolute Gasteiger partial charge is 0.191 e. The molecule has 2 N–H and O–H groups in total. The highest BCUT2D eigenvalue weighted by atomic mass is 79.9. The number of nitrogens with zero attached hydrogens (tertiary/aromatic N) is 2. The van der Waals surface area contributed by atoms with Gasteiger partial charge in [0.2, 0.25) is 0 Å².